The Morgan fingerprint density at radius 3 is 2.47 bits per heavy atom. The summed E-state index contributed by atoms with van der Waals surface area (Å²) in [5.41, 5.74) is 2.21. The summed E-state index contributed by atoms with van der Waals surface area (Å²) in [6, 6.07) is 20.5. The molecule has 0 saturated heterocycles. The summed E-state index contributed by atoms with van der Waals surface area (Å²) >= 11 is 1.25. The highest BCUT2D eigenvalue weighted by Gasteiger charge is 2.18. The molecule has 0 amide bonds. The number of hydrogen-bond donors (Lipinski definition) is 1. The molecule has 2 aromatic carbocycles. The van der Waals surface area contributed by atoms with Crippen LogP contribution in [0.25, 0.3) is 33.9 Å². The maximum atomic E-state index is 10.8. The number of allylic oxidation sites excluding steroid dienone is 1. The van der Waals surface area contributed by atoms with Crippen molar-refractivity contribution in [1.29, 1.82) is 5.26 Å². The molecule has 0 radical (unpaired) electrons. The number of nitro groups is 1. The van der Waals surface area contributed by atoms with E-state index < -0.39 is 4.92 Å². The van der Waals surface area contributed by atoms with E-state index in [1.165, 1.54) is 29.5 Å². The number of nitro benzene ring substituents is 1. The lowest BCUT2D eigenvalue weighted by Gasteiger charge is -2.00. The van der Waals surface area contributed by atoms with E-state index >= 15 is 0 Å². The largest absolute Gasteiger partial charge is 0.503 e. The minimum atomic E-state index is -0.483. The van der Waals surface area contributed by atoms with Gasteiger partial charge >= 0.3 is 0 Å². The van der Waals surface area contributed by atoms with Gasteiger partial charge in [-0.25, -0.2) is 4.98 Å². The van der Waals surface area contributed by atoms with Crippen molar-refractivity contribution >= 4 is 28.4 Å². The molecule has 4 aromatic rings. The molecule has 0 atom stereocenters. The van der Waals surface area contributed by atoms with Crippen LogP contribution in [0.15, 0.2) is 76.5 Å². The van der Waals surface area contributed by atoms with E-state index in [1.54, 1.807) is 18.2 Å². The monoisotopic (exact) mass is 415 g/mol. The van der Waals surface area contributed by atoms with Gasteiger partial charge in [0.05, 0.1) is 10.6 Å². The Morgan fingerprint density at radius 1 is 1.07 bits per heavy atom. The van der Waals surface area contributed by atoms with Crippen LogP contribution in [0, 0.1) is 21.4 Å². The number of nitriles is 1. The highest BCUT2D eigenvalue weighted by molar-refractivity contribution is 7.11. The van der Waals surface area contributed by atoms with Crippen molar-refractivity contribution in [3.05, 3.63) is 93.0 Å². The molecule has 2 heterocycles. The molecule has 7 nitrogen and oxygen atoms in total. The van der Waals surface area contributed by atoms with Crippen molar-refractivity contribution in [2.45, 2.75) is 0 Å². The van der Waals surface area contributed by atoms with Gasteiger partial charge in [-0.2, -0.15) is 5.26 Å². The van der Waals surface area contributed by atoms with Crippen LogP contribution >= 0.6 is 11.3 Å². The van der Waals surface area contributed by atoms with Crippen LogP contribution < -0.4 is 0 Å². The second-order valence-corrected chi connectivity index (χ2v) is 7.07. The molecular formula is C22H13N3O4S. The molecule has 0 bridgehead atoms. The van der Waals surface area contributed by atoms with Gasteiger partial charge in [-0.15, -0.1) is 11.3 Å². The molecule has 0 saturated carbocycles. The van der Waals surface area contributed by atoms with Gasteiger partial charge < -0.3 is 9.52 Å². The van der Waals surface area contributed by atoms with Gasteiger partial charge in [0.2, 0.25) is 0 Å². The number of non-ortho nitro benzene ring substituents is 1. The summed E-state index contributed by atoms with van der Waals surface area (Å²) in [6.45, 7) is 0. The Hall–Kier alpha value is -4.22. The summed E-state index contributed by atoms with van der Waals surface area (Å²) in [4.78, 5) is 14.8. The van der Waals surface area contributed by atoms with Gasteiger partial charge in [-0.1, -0.05) is 30.3 Å². The highest BCUT2D eigenvalue weighted by atomic mass is 32.1. The number of aliphatic hydroxyl groups excluding tert-OH is 1. The van der Waals surface area contributed by atoms with Crippen molar-refractivity contribution < 1.29 is 14.4 Å². The van der Waals surface area contributed by atoms with Crippen molar-refractivity contribution in [2.24, 2.45) is 0 Å². The molecule has 0 aliphatic rings. The van der Waals surface area contributed by atoms with Crippen LogP contribution in [0.4, 0.5) is 5.69 Å². The average Bonchev–Trinajstić information content (AvgIpc) is 3.45. The Bertz CT molecular complexity index is 1280. The summed E-state index contributed by atoms with van der Waals surface area (Å²) in [7, 11) is 0. The van der Waals surface area contributed by atoms with Crippen LogP contribution in [0.1, 0.15) is 10.8 Å². The molecule has 1 N–H and O–H groups in total. The van der Waals surface area contributed by atoms with Gasteiger partial charge in [0, 0.05) is 28.6 Å². The molecule has 8 heteroatoms. The number of thiazole rings is 1. The summed E-state index contributed by atoms with van der Waals surface area (Å²) < 4.78 is 5.68. The zero-order chi connectivity index (χ0) is 21.1. The first-order valence-electron chi connectivity index (χ1n) is 8.76. The van der Waals surface area contributed by atoms with Gasteiger partial charge in [0.25, 0.3) is 5.69 Å². The molecule has 0 spiro atoms. The first-order valence-corrected chi connectivity index (χ1v) is 9.64. The lowest BCUT2D eigenvalue weighted by molar-refractivity contribution is -0.384. The van der Waals surface area contributed by atoms with E-state index in [9.17, 15) is 20.5 Å². The van der Waals surface area contributed by atoms with Gasteiger partial charge in [0.15, 0.2) is 11.5 Å². The second-order valence-electron chi connectivity index (χ2n) is 6.21. The zero-order valence-corrected chi connectivity index (χ0v) is 16.2. The first-order chi connectivity index (χ1) is 14.6. The summed E-state index contributed by atoms with van der Waals surface area (Å²) in [5.74, 6) is 0.198. The van der Waals surface area contributed by atoms with Crippen molar-refractivity contribution in [3.8, 4) is 28.7 Å². The fourth-order valence-electron chi connectivity index (χ4n) is 2.82. The number of aliphatic hydroxyl groups is 1. The topological polar surface area (TPSA) is 113 Å². The minimum Gasteiger partial charge on any atom is -0.503 e. The molecule has 4 rings (SSSR count). The summed E-state index contributed by atoms with van der Waals surface area (Å²) in [5, 5.41) is 33.2. The second kappa shape index (κ2) is 8.03. The fraction of sp³-hybridized carbons (Fsp3) is 0. The van der Waals surface area contributed by atoms with Crippen LogP contribution in [0.3, 0.4) is 0 Å². The third kappa shape index (κ3) is 3.70. The molecule has 0 unspecified atom stereocenters. The van der Waals surface area contributed by atoms with Gasteiger partial charge in [-0.3, -0.25) is 10.1 Å². The standard InChI is InChI=1S/C22H13N3O4S/c23-12-17(22-24-18(13-30-22)14-4-2-1-3-5-14)21(26)20-11-10-19(29-20)15-6-8-16(9-7-15)25(27)28/h1-11,13,26H/b21-17-. The molecule has 0 fully saturated rings. The lowest BCUT2D eigenvalue weighted by Crippen LogP contribution is -1.89. The number of hydrogen-bond acceptors (Lipinski definition) is 7. The normalized spacial score (nSPS) is 11.6. The predicted molar refractivity (Wildman–Crippen MR) is 113 cm³/mol. The summed E-state index contributed by atoms with van der Waals surface area (Å²) in [6.07, 6.45) is 0. The molecule has 0 aliphatic carbocycles. The van der Waals surface area contributed by atoms with E-state index in [0.29, 0.717) is 22.0 Å². The Balaban J connectivity index is 1.65. The number of furan rings is 1. The lowest BCUT2D eigenvalue weighted by atomic mass is 10.1. The van der Waals surface area contributed by atoms with Crippen molar-refractivity contribution in [2.75, 3.05) is 0 Å². The smallest absolute Gasteiger partial charge is 0.269 e. The maximum absolute atomic E-state index is 10.8. The number of aromatic nitrogens is 1. The van der Waals surface area contributed by atoms with Crippen LogP contribution in [-0.2, 0) is 0 Å². The van der Waals surface area contributed by atoms with Crippen molar-refractivity contribution in [1.82, 2.24) is 4.98 Å². The van der Waals surface area contributed by atoms with Crippen LogP contribution in [-0.4, -0.2) is 15.0 Å². The zero-order valence-electron chi connectivity index (χ0n) is 15.4. The predicted octanol–water partition coefficient (Wildman–Crippen LogP) is 5.93. The highest BCUT2D eigenvalue weighted by Crippen LogP contribution is 2.32. The first kappa shape index (κ1) is 19.1. The van der Waals surface area contributed by atoms with Crippen LogP contribution in [0.2, 0.25) is 0 Å². The van der Waals surface area contributed by atoms with Gasteiger partial charge in [0.1, 0.15) is 22.4 Å². The number of rotatable bonds is 5. The number of nitrogens with zero attached hydrogens (tertiary/aromatic N) is 3. The van der Waals surface area contributed by atoms with Gasteiger partial charge in [-0.05, 0) is 24.3 Å². The number of benzene rings is 2. The molecule has 146 valence electrons. The Morgan fingerprint density at radius 2 is 1.80 bits per heavy atom. The Kier molecular flexibility index (Phi) is 5.11. The molecule has 0 aliphatic heterocycles. The fourth-order valence-corrected chi connectivity index (χ4v) is 3.65. The van der Waals surface area contributed by atoms with E-state index in [1.807, 2.05) is 41.8 Å². The quantitative estimate of drug-likeness (QED) is 0.187. The van der Waals surface area contributed by atoms with E-state index in [2.05, 4.69) is 4.98 Å². The SMILES string of the molecule is N#C/C(=C(/O)c1ccc(-c2ccc([N+](=O)[O-])cc2)o1)c1nc(-c2ccccc2)cs1. The third-order valence-electron chi connectivity index (χ3n) is 4.34. The Labute approximate surface area is 175 Å². The van der Waals surface area contributed by atoms with E-state index in [0.717, 1.165) is 5.56 Å². The average molecular weight is 415 g/mol. The van der Waals surface area contributed by atoms with Crippen LogP contribution in [0.5, 0.6) is 0 Å². The van der Waals surface area contributed by atoms with Crippen molar-refractivity contribution in [3.63, 3.8) is 0 Å². The van der Waals surface area contributed by atoms with E-state index in [-0.39, 0.29) is 22.8 Å². The molecule has 30 heavy (non-hydrogen) atoms. The minimum absolute atomic E-state index is 0.00628. The third-order valence-corrected chi connectivity index (χ3v) is 5.20. The molecule has 2 aromatic heterocycles. The molecular weight excluding hydrogens is 402 g/mol. The van der Waals surface area contributed by atoms with E-state index in [4.69, 9.17) is 4.42 Å². The maximum Gasteiger partial charge on any atom is 0.269 e.